The molecule has 4 nitrogen and oxygen atoms in total. The number of hydrogen-bond donors (Lipinski definition) is 1. The monoisotopic (exact) mass is 330 g/mol. The number of nitrogens with zero attached hydrogens (tertiary/aromatic N) is 1. The maximum Gasteiger partial charge on any atom is 0.230 e. The Morgan fingerprint density at radius 1 is 1.26 bits per heavy atom. The number of hydrogen-bond acceptors (Lipinski definition) is 4. The van der Waals surface area contributed by atoms with Crippen LogP contribution in [0.4, 0.5) is 9.52 Å². The lowest BCUT2D eigenvalue weighted by Gasteiger charge is -2.01. The van der Waals surface area contributed by atoms with Gasteiger partial charge in [-0.05, 0) is 42.8 Å². The van der Waals surface area contributed by atoms with Crippen molar-refractivity contribution in [3.63, 3.8) is 0 Å². The number of halogens is 1. The Morgan fingerprint density at radius 2 is 2.04 bits per heavy atom. The third kappa shape index (κ3) is 3.84. The predicted octanol–water partition coefficient (Wildman–Crippen LogP) is 4.02. The molecule has 118 valence electrons. The molecule has 1 N–H and O–H groups in total. The minimum atomic E-state index is -0.314. The summed E-state index contributed by atoms with van der Waals surface area (Å²) in [5.41, 5.74) is 1.57. The summed E-state index contributed by atoms with van der Waals surface area (Å²) in [5, 5.41) is 3.32. The molecular weight excluding hydrogens is 315 g/mol. The van der Waals surface area contributed by atoms with Crippen molar-refractivity contribution in [1.29, 1.82) is 0 Å². The number of fused-ring (bicyclic) bond motifs is 1. The highest BCUT2D eigenvalue weighted by Gasteiger charge is 2.09. The van der Waals surface area contributed by atoms with E-state index in [9.17, 15) is 9.18 Å². The number of carbonyl (C=O) groups is 1. The van der Waals surface area contributed by atoms with Gasteiger partial charge < -0.3 is 10.1 Å². The second kappa shape index (κ2) is 6.75. The van der Waals surface area contributed by atoms with Crippen LogP contribution in [-0.4, -0.2) is 17.5 Å². The van der Waals surface area contributed by atoms with E-state index in [-0.39, 0.29) is 18.1 Å². The van der Waals surface area contributed by atoms with Gasteiger partial charge >= 0.3 is 0 Å². The molecule has 23 heavy (non-hydrogen) atoms. The SMILES string of the molecule is CCOc1ccc2nc(NC(=O)Cc3ccc(F)cc3)sc2c1. The summed E-state index contributed by atoms with van der Waals surface area (Å²) in [4.78, 5) is 16.4. The third-order valence-corrected chi connectivity index (χ3v) is 4.13. The van der Waals surface area contributed by atoms with Crippen molar-refractivity contribution >= 4 is 32.6 Å². The van der Waals surface area contributed by atoms with E-state index in [0.717, 1.165) is 21.5 Å². The molecular formula is C17H15FN2O2S. The molecule has 0 saturated carbocycles. The van der Waals surface area contributed by atoms with Crippen LogP contribution in [0.1, 0.15) is 12.5 Å². The largest absolute Gasteiger partial charge is 0.494 e. The fraction of sp³-hybridized carbons (Fsp3) is 0.176. The number of rotatable bonds is 5. The van der Waals surface area contributed by atoms with Crippen molar-refractivity contribution in [3.05, 3.63) is 53.8 Å². The lowest BCUT2D eigenvalue weighted by atomic mass is 10.1. The van der Waals surface area contributed by atoms with Gasteiger partial charge in [-0.1, -0.05) is 23.5 Å². The normalized spacial score (nSPS) is 10.7. The van der Waals surface area contributed by atoms with Crippen LogP contribution in [0.5, 0.6) is 5.75 Å². The van der Waals surface area contributed by atoms with Gasteiger partial charge in [0.2, 0.25) is 5.91 Å². The summed E-state index contributed by atoms with van der Waals surface area (Å²) in [7, 11) is 0. The van der Waals surface area contributed by atoms with E-state index in [1.807, 2.05) is 25.1 Å². The summed E-state index contributed by atoms with van der Waals surface area (Å²) in [6.45, 7) is 2.53. The molecule has 0 spiro atoms. The summed E-state index contributed by atoms with van der Waals surface area (Å²) in [6.07, 6.45) is 0.181. The van der Waals surface area contributed by atoms with E-state index >= 15 is 0 Å². The molecule has 0 radical (unpaired) electrons. The number of thiazole rings is 1. The molecule has 0 unspecified atom stereocenters. The fourth-order valence-corrected chi connectivity index (χ4v) is 3.08. The molecule has 6 heteroatoms. The molecule has 0 saturated heterocycles. The van der Waals surface area contributed by atoms with Crippen molar-refractivity contribution in [3.8, 4) is 5.75 Å². The Balaban J connectivity index is 1.70. The van der Waals surface area contributed by atoms with E-state index in [0.29, 0.717) is 11.7 Å². The van der Waals surface area contributed by atoms with E-state index < -0.39 is 0 Å². The number of carbonyl (C=O) groups excluding carboxylic acids is 1. The first-order valence-corrected chi connectivity index (χ1v) is 8.03. The highest BCUT2D eigenvalue weighted by Crippen LogP contribution is 2.29. The predicted molar refractivity (Wildman–Crippen MR) is 89.5 cm³/mol. The van der Waals surface area contributed by atoms with E-state index in [2.05, 4.69) is 10.3 Å². The number of benzene rings is 2. The smallest absolute Gasteiger partial charge is 0.230 e. The van der Waals surface area contributed by atoms with Crippen LogP contribution >= 0.6 is 11.3 Å². The summed E-state index contributed by atoms with van der Waals surface area (Å²) >= 11 is 1.40. The number of nitrogens with one attached hydrogen (secondary N) is 1. The molecule has 0 fully saturated rings. The van der Waals surface area contributed by atoms with E-state index in [1.165, 1.54) is 23.5 Å². The molecule has 0 bridgehead atoms. The molecule has 1 amide bonds. The van der Waals surface area contributed by atoms with Crippen molar-refractivity contribution in [2.45, 2.75) is 13.3 Å². The standard InChI is InChI=1S/C17H15FN2O2S/c1-2-22-13-7-8-14-15(10-13)23-17(19-14)20-16(21)9-11-3-5-12(18)6-4-11/h3-8,10H,2,9H2,1H3,(H,19,20,21). The second-order valence-corrected chi connectivity index (χ2v) is 5.96. The number of anilines is 1. The molecule has 0 aliphatic carbocycles. The first kappa shape index (κ1) is 15.4. The average Bonchev–Trinajstić information content (AvgIpc) is 2.91. The highest BCUT2D eigenvalue weighted by molar-refractivity contribution is 7.22. The van der Waals surface area contributed by atoms with Gasteiger partial charge in [-0.25, -0.2) is 9.37 Å². The highest BCUT2D eigenvalue weighted by atomic mass is 32.1. The minimum Gasteiger partial charge on any atom is -0.494 e. The number of aromatic nitrogens is 1. The van der Waals surface area contributed by atoms with Gasteiger partial charge in [-0.3, -0.25) is 4.79 Å². The zero-order chi connectivity index (χ0) is 16.2. The first-order valence-electron chi connectivity index (χ1n) is 7.21. The summed E-state index contributed by atoms with van der Waals surface area (Å²) in [6, 6.07) is 11.5. The van der Waals surface area contributed by atoms with Gasteiger partial charge in [-0.15, -0.1) is 0 Å². The second-order valence-electron chi connectivity index (χ2n) is 4.93. The Bertz CT molecular complexity index is 830. The topological polar surface area (TPSA) is 51.2 Å². The third-order valence-electron chi connectivity index (χ3n) is 3.20. The van der Waals surface area contributed by atoms with Crippen molar-refractivity contribution < 1.29 is 13.9 Å². The van der Waals surface area contributed by atoms with Crippen molar-refractivity contribution in [1.82, 2.24) is 4.98 Å². The zero-order valence-corrected chi connectivity index (χ0v) is 13.3. The molecule has 2 aromatic carbocycles. The van der Waals surface area contributed by atoms with Gasteiger partial charge in [-0.2, -0.15) is 0 Å². The first-order chi connectivity index (χ1) is 11.1. The van der Waals surface area contributed by atoms with Gasteiger partial charge in [0.25, 0.3) is 0 Å². The molecule has 3 rings (SSSR count). The van der Waals surface area contributed by atoms with Crippen LogP contribution in [0.2, 0.25) is 0 Å². The summed E-state index contributed by atoms with van der Waals surface area (Å²) < 4.78 is 19.3. The molecule has 0 aliphatic heterocycles. The fourth-order valence-electron chi connectivity index (χ4n) is 2.17. The van der Waals surface area contributed by atoms with Crippen molar-refractivity contribution in [2.75, 3.05) is 11.9 Å². The Kier molecular flexibility index (Phi) is 4.52. The summed E-state index contributed by atoms with van der Waals surface area (Å²) in [5.74, 6) is 0.291. The Morgan fingerprint density at radius 3 is 2.78 bits per heavy atom. The molecule has 3 aromatic rings. The zero-order valence-electron chi connectivity index (χ0n) is 12.5. The van der Waals surface area contributed by atoms with Gasteiger partial charge in [0.1, 0.15) is 11.6 Å². The Hall–Kier alpha value is -2.47. The Labute approximate surface area is 136 Å². The van der Waals surface area contributed by atoms with Crippen LogP contribution in [0, 0.1) is 5.82 Å². The molecule has 0 atom stereocenters. The van der Waals surface area contributed by atoms with Crippen LogP contribution in [0.15, 0.2) is 42.5 Å². The minimum absolute atomic E-state index is 0.180. The quantitative estimate of drug-likeness (QED) is 0.769. The van der Waals surface area contributed by atoms with Crippen LogP contribution in [-0.2, 0) is 11.2 Å². The van der Waals surface area contributed by atoms with E-state index in [4.69, 9.17) is 4.74 Å². The van der Waals surface area contributed by atoms with E-state index in [1.54, 1.807) is 12.1 Å². The van der Waals surface area contributed by atoms with Crippen LogP contribution in [0.25, 0.3) is 10.2 Å². The maximum atomic E-state index is 12.9. The molecule has 1 heterocycles. The lowest BCUT2D eigenvalue weighted by molar-refractivity contribution is -0.115. The van der Waals surface area contributed by atoms with Gasteiger partial charge in [0, 0.05) is 0 Å². The van der Waals surface area contributed by atoms with Gasteiger partial charge in [0.05, 0.1) is 23.2 Å². The van der Waals surface area contributed by atoms with Gasteiger partial charge in [0.15, 0.2) is 5.13 Å². The lowest BCUT2D eigenvalue weighted by Crippen LogP contribution is -2.14. The maximum absolute atomic E-state index is 12.9. The molecule has 0 aliphatic rings. The molecule has 1 aromatic heterocycles. The number of amides is 1. The number of ether oxygens (including phenoxy) is 1. The van der Waals surface area contributed by atoms with Crippen molar-refractivity contribution in [2.24, 2.45) is 0 Å². The van der Waals surface area contributed by atoms with Crippen LogP contribution in [0.3, 0.4) is 0 Å². The average molecular weight is 330 g/mol. The van der Waals surface area contributed by atoms with Crippen LogP contribution < -0.4 is 10.1 Å².